The summed E-state index contributed by atoms with van der Waals surface area (Å²) in [5.74, 6) is 0.784. The zero-order valence-electron chi connectivity index (χ0n) is 12.2. The number of carbonyl (C=O) groups is 1. The molecule has 0 radical (unpaired) electrons. The predicted octanol–water partition coefficient (Wildman–Crippen LogP) is 0.720. The first kappa shape index (κ1) is 13.3. The Bertz CT molecular complexity index is 686. The van der Waals surface area contributed by atoms with Gasteiger partial charge in [-0.25, -0.2) is 0 Å². The summed E-state index contributed by atoms with van der Waals surface area (Å²) in [5, 5.41) is 10.7. The lowest BCUT2D eigenvalue weighted by atomic mass is 10.0. The number of para-hydroxylation sites is 1. The molecule has 1 amide bonds. The van der Waals surface area contributed by atoms with Gasteiger partial charge in [-0.2, -0.15) is 5.10 Å². The summed E-state index contributed by atoms with van der Waals surface area (Å²) >= 11 is 0. The van der Waals surface area contributed by atoms with E-state index in [0.717, 1.165) is 43.1 Å². The van der Waals surface area contributed by atoms with Crippen LogP contribution in [0.4, 0.5) is 0 Å². The third-order valence-corrected chi connectivity index (χ3v) is 4.12. The van der Waals surface area contributed by atoms with Crippen molar-refractivity contribution < 1.29 is 9.53 Å². The first-order valence-electron chi connectivity index (χ1n) is 7.58. The Morgan fingerprint density at radius 3 is 3.23 bits per heavy atom. The van der Waals surface area contributed by atoms with Crippen LogP contribution >= 0.6 is 0 Å². The number of hydrogen-bond acceptors (Lipinski definition) is 4. The summed E-state index contributed by atoms with van der Waals surface area (Å²) in [6.45, 7) is 2.96. The molecule has 22 heavy (non-hydrogen) atoms. The number of aromatic nitrogens is 2. The molecule has 0 bridgehead atoms. The Kier molecular flexibility index (Phi) is 3.31. The molecule has 0 saturated heterocycles. The first-order chi connectivity index (χ1) is 10.8. The van der Waals surface area contributed by atoms with Crippen molar-refractivity contribution in [3.8, 4) is 5.75 Å². The number of ether oxygens (including phenoxy) is 1. The molecule has 6 heteroatoms. The maximum absolute atomic E-state index is 12.4. The van der Waals surface area contributed by atoms with Crippen LogP contribution in [0.2, 0.25) is 0 Å². The summed E-state index contributed by atoms with van der Waals surface area (Å²) in [4.78, 5) is 12.4. The van der Waals surface area contributed by atoms with E-state index in [-0.39, 0.29) is 11.9 Å². The fourth-order valence-electron chi connectivity index (χ4n) is 2.98. The van der Waals surface area contributed by atoms with E-state index in [4.69, 9.17) is 4.74 Å². The number of fused-ring (bicyclic) bond motifs is 2. The van der Waals surface area contributed by atoms with Gasteiger partial charge in [-0.3, -0.25) is 9.48 Å². The number of nitrogens with zero attached hydrogens (tertiary/aromatic N) is 2. The van der Waals surface area contributed by atoms with Crippen LogP contribution in [0.5, 0.6) is 5.75 Å². The minimum absolute atomic E-state index is 0.0146. The molecule has 6 nitrogen and oxygen atoms in total. The van der Waals surface area contributed by atoms with E-state index in [1.54, 1.807) is 0 Å². The lowest BCUT2D eigenvalue weighted by Crippen LogP contribution is -2.42. The predicted molar refractivity (Wildman–Crippen MR) is 80.8 cm³/mol. The maximum atomic E-state index is 12.4. The standard InChI is InChI=1S/C16H18N4O2/c21-16(14-8-13-9-17-5-6-20(13)19-14)18-12-7-11-3-1-2-4-15(11)22-10-12/h1-4,8,12,17H,5-7,9-10H2,(H,18,21)/t12-/m1/s1. The Morgan fingerprint density at radius 1 is 1.41 bits per heavy atom. The van der Waals surface area contributed by atoms with Crippen molar-refractivity contribution in [2.75, 3.05) is 13.2 Å². The second-order valence-corrected chi connectivity index (χ2v) is 5.71. The van der Waals surface area contributed by atoms with Crippen molar-refractivity contribution in [3.05, 3.63) is 47.3 Å². The number of benzene rings is 1. The topological polar surface area (TPSA) is 68.2 Å². The Morgan fingerprint density at radius 2 is 2.32 bits per heavy atom. The fourth-order valence-corrected chi connectivity index (χ4v) is 2.98. The summed E-state index contributed by atoms with van der Waals surface area (Å²) in [6, 6.07) is 9.79. The molecule has 1 aromatic heterocycles. The minimum atomic E-state index is -0.130. The van der Waals surface area contributed by atoms with E-state index >= 15 is 0 Å². The van der Waals surface area contributed by atoms with Crippen molar-refractivity contribution >= 4 is 5.91 Å². The van der Waals surface area contributed by atoms with E-state index in [9.17, 15) is 4.79 Å². The van der Waals surface area contributed by atoms with Gasteiger partial charge in [0.2, 0.25) is 0 Å². The molecule has 0 fully saturated rings. The SMILES string of the molecule is O=C(N[C@H]1COc2ccccc2C1)c1cc2n(n1)CCNC2. The molecule has 4 rings (SSSR count). The van der Waals surface area contributed by atoms with Gasteiger partial charge in [0.15, 0.2) is 5.69 Å². The highest BCUT2D eigenvalue weighted by molar-refractivity contribution is 5.92. The zero-order chi connectivity index (χ0) is 14.9. The van der Waals surface area contributed by atoms with Crippen molar-refractivity contribution in [1.29, 1.82) is 0 Å². The maximum Gasteiger partial charge on any atom is 0.272 e. The van der Waals surface area contributed by atoms with Crippen LogP contribution in [0, 0.1) is 0 Å². The Labute approximate surface area is 128 Å². The third kappa shape index (κ3) is 2.46. The Balaban J connectivity index is 1.45. The lowest BCUT2D eigenvalue weighted by Gasteiger charge is -2.25. The Hall–Kier alpha value is -2.34. The summed E-state index contributed by atoms with van der Waals surface area (Å²) < 4.78 is 7.60. The molecule has 0 unspecified atom stereocenters. The average Bonchev–Trinajstić information content (AvgIpc) is 2.99. The highest BCUT2D eigenvalue weighted by Gasteiger charge is 2.23. The number of carbonyl (C=O) groups excluding carboxylic acids is 1. The van der Waals surface area contributed by atoms with Crippen LogP contribution in [-0.4, -0.2) is 34.9 Å². The lowest BCUT2D eigenvalue weighted by molar-refractivity contribution is 0.0909. The number of hydrogen-bond donors (Lipinski definition) is 2. The minimum Gasteiger partial charge on any atom is -0.491 e. The molecule has 1 atom stereocenters. The zero-order valence-corrected chi connectivity index (χ0v) is 12.2. The molecule has 1 aromatic carbocycles. The van der Waals surface area contributed by atoms with Crippen molar-refractivity contribution in [1.82, 2.24) is 20.4 Å². The smallest absolute Gasteiger partial charge is 0.272 e. The van der Waals surface area contributed by atoms with E-state index < -0.39 is 0 Å². The van der Waals surface area contributed by atoms with Gasteiger partial charge in [0.1, 0.15) is 12.4 Å². The molecular formula is C16H18N4O2. The van der Waals surface area contributed by atoms with E-state index in [2.05, 4.69) is 15.7 Å². The van der Waals surface area contributed by atoms with Gasteiger partial charge < -0.3 is 15.4 Å². The number of rotatable bonds is 2. The van der Waals surface area contributed by atoms with Gasteiger partial charge in [0.25, 0.3) is 5.91 Å². The summed E-state index contributed by atoms with van der Waals surface area (Å²) in [6.07, 6.45) is 0.789. The molecule has 2 aromatic rings. The van der Waals surface area contributed by atoms with E-state index in [1.807, 2.05) is 35.0 Å². The van der Waals surface area contributed by atoms with Gasteiger partial charge >= 0.3 is 0 Å². The quantitative estimate of drug-likeness (QED) is 0.857. The van der Waals surface area contributed by atoms with Gasteiger partial charge in [-0.15, -0.1) is 0 Å². The monoisotopic (exact) mass is 298 g/mol. The van der Waals surface area contributed by atoms with Gasteiger partial charge in [-0.05, 0) is 24.1 Å². The van der Waals surface area contributed by atoms with Crippen molar-refractivity contribution in [2.24, 2.45) is 0 Å². The number of nitrogens with one attached hydrogen (secondary N) is 2. The van der Waals surface area contributed by atoms with Gasteiger partial charge in [0, 0.05) is 13.1 Å². The van der Waals surface area contributed by atoms with Crippen LogP contribution in [0.3, 0.4) is 0 Å². The molecule has 2 aliphatic heterocycles. The highest BCUT2D eigenvalue weighted by Crippen LogP contribution is 2.24. The molecule has 0 saturated carbocycles. The highest BCUT2D eigenvalue weighted by atomic mass is 16.5. The van der Waals surface area contributed by atoms with Crippen molar-refractivity contribution in [3.63, 3.8) is 0 Å². The first-order valence-corrected chi connectivity index (χ1v) is 7.58. The molecule has 0 aliphatic carbocycles. The van der Waals surface area contributed by atoms with Crippen molar-refractivity contribution in [2.45, 2.75) is 25.6 Å². The molecule has 0 spiro atoms. The normalized spacial score (nSPS) is 19.7. The van der Waals surface area contributed by atoms with Crippen LogP contribution in [0.15, 0.2) is 30.3 Å². The average molecular weight is 298 g/mol. The summed E-state index contributed by atoms with van der Waals surface area (Å²) in [7, 11) is 0. The molecular weight excluding hydrogens is 280 g/mol. The molecule has 2 N–H and O–H groups in total. The number of amides is 1. The van der Waals surface area contributed by atoms with Crippen LogP contribution in [0.1, 0.15) is 21.7 Å². The van der Waals surface area contributed by atoms with E-state index in [0.29, 0.717) is 12.3 Å². The van der Waals surface area contributed by atoms with Crippen LogP contribution in [-0.2, 0) is 19.5 Å². The van der Waals surface area contributed by atoms with Crippen LogP contribution < -0.4 is 15.4 Å². The van der Waals surface area contributed by atoms with Gasteiger partial charge in [-0.1, -0.05) is 18.2 Å². The second kappa shape index (κ2) is 5.46. The third-order valence-electron chi connectivity index (χ3n) is 4.12. The molecule has 3 heterocycles. The van der Waals surface area contributed by atoms with E-state index in [1.165, 1.54) is 0 Å². The van der Waals surface area contributed by atoms with Crippen LogP contribution in [0.25, 0.3) is 0 Å². The largest absolute Gasteiger partial charge is 0.491 e. The fraction of sp³-hybridized carbons (Fsp3) is 0.375. The molecule has 2 aliphatic rings. The summed E-state index contributed by atoms with van der Waals surface area (Å²) in [5.41, 5.74) is 2.67. The second-order valence-electron chi connectivity index (χ2n) is 5.71. The van der Waals surface area contributed by atoms with Gasteiger partial charge in [0.05, 0.1) is 18.3 Å². The molecule has 114 valence electrons.